The van der Waals surface area contributed by atoms with Crippen molar-refractivity contribution in [2.45, 2.75) is 0 Å². The van der Waals surface area contributed by atoms with Crippen LogP contribution in [-0.4, -0.2) is 4.98 Å². The first-order chi connectivity index (χ1) is 7.25. The van der Waals surface area contributed by atoms with Crippen LogP contribution in [-0.2, 0) is 0 Å². The molecule has 0 bridgehead atoms. The van der Waals surface area contributed by atoms with Gasteiger partial charge in [0, 0.05) is 0 Å². The molecule has 0 spiro atoms. The van der Waals surface area contributed by atoms with Gasteiger partial charge in [0.1, 0.15) is 10.4 Å². The van der Waals surface area contributed by atoms with E-state index in [4.69, 9.17) is 11.6 Å². The van der Waals surface area contributed by atoms with E-state index in [9.17, 15) is 0 Å². The molecule has 1 aromatic heterocycles. The van der Waals surface area contributed by atoms with E-state index in [0.29, 0.717) is 5.02 Å². The van der Waals surface area contributed by atoms with E-state index in [0.717, 1.165) is 16.1 Å². The molecule has 0 saturated carbocycles. The molecule has 2 nitrogen and oxygen atoms in total. The molecule has 0 radical (unpaired) electrons. The van der Waals surface area contributed by atoms with Crippen LogP contribution < -0.4 is 5.32 Å². The van der Waals surface area contributed by atoms with Crippen LogP contribution in [0.5, 0.6) is 0 Å². The first-order valence-electron chi connectivity index (χ1n) is 4.40. The molecule has 1 heterocycles. The van der Waals surface area contributed by atoms with Gasteiger partial charge in [-0.15, -0.1) is 0 Å². The largest absolute Gasteiger partial charge is 0.339 e. The van der Waals surface area contributed by atoms with Gasteiger partial charge >= 0.3 is 0 Å². The molecule has 1 aromatic carbocycles. The second kappa shape index (κ2) is 4.64. The first-order valence-corrected chi connectivity index (χ1v) is 5.57. The normalized spacial score (nSPS) is 10.0. The highest BCUT2D eigenvalue weighted by molar-refractivity contribution is 9.10. The van der Waals surface area contributed by atoms with Crippen molar-refractivity contribution < 1.29 is 0 Å². The van der Waals surface area contributed by atoms with E-state index in [1.165, 1.54) is 0 Å². The van der Waals surface area contributed by atoms with E-state index >= 15 is 0 Å². The number of halogens is 2. The van der Waals surface area contributed by atoms with Crippen molar-refractivity contribution >= 4 is 39.0 Å². The van der Waals surface area contributed by atoms with Gasteiger partial charge in [0.25, 0.3) is 0 Å². The van der Waals surface area contributed by atoms with Gasteiger partial charge in [-0.05, 0) is 40.2 Å². The Morgan fingerprint density at radius 2 is 1.87 bits per heavy atom. The minimum absolute atomic E-state index is 0.680. The summed E-state index contributed by atoms with van der Waals surface area (Å²) in [5, 5.41) is 3.82. The highest BCUT2D eigenvalue weighted by Gasteiger charge is 2.00. The highest BCUT2D eigenvalue weighted by Crippen LogP contribution is 2.24. The van der Waals surface area contributed by atoms with Crippen LogP contribution in [0.15, 0.2) is 47.1 Å². The van der Waals surface area contributed by atoms with E-state index in [2.05, 4.69) is 26.2 Å². The number of hydrogen-bond donors (Lipinski definition) is 1. The van der Waals surface area contributed by atoms with Crippen molar-refractivity contribution in [3.05, 3.63) is 52.1 Å². The smallest absolute Gasteiger partial charge is 0.131 e. The molecule has 2 aromatic rings. The average molecular weight is 284 g/mol. The lowest BCUT2D eigenvalue weighted by atomic mass is 10.3. The zero-order valence-electron chi connectivity index (χ0n) is 7.74. The molecular formula is C11H8BrClN2. The summed E-state index contributed by atoms with van der Waals surface area (Å²) in [6, 6.07) is 13.2. The molecular weight excluding hydrogens is 275 g/mol. The number of nitrogens with one attached hydrogen (secondary N) is 1. The number of pyridine rings is 1. The average Bonchev–Trinajstić information content (AvgIpc) is 2.22. The topological polar surface area (TPSA) is 24.9 Å². The van der Waals surface area contributed by atoms with Gasteiger partial charge in [0.05, 0.1) is 10.7 Å². The Morgan fingerprint density at radius 1 is 1.07 bits per heavy atom. The molecule has 0 unspecified atom stereocenters. The van der Waals surface area contributed by atoms with E-state index in [1.807, 2.05) is 42.5 Å². The first kappa shape index (κ1) is 10.5. The number of benzene rings is 1. The minimum atomic E-state index is 0.680. The Balaban J connectivity index is 2.26. The molecule has 0 aliphatic carbocycles. The van der Waals surface area contributed by atoms with E-state index < -0.39 is 0 Å². The second-order valence-electron chi connectivity index (χ2n) is 2.95. The maximum atomic E-state index is 6.01. The van der Waals surface area contributed by atoms with Crippen LogP contribution in [0.25, 0.3) is 0 Å². The van der Waals surface area contributed by atoms with E-state index in [-0.39, 0.29) is 0 Å². The molecule has 4 heteroatoms. The molecule has 76 valence electrons. The van der Waals surface area contributed by atoms with Crippen molar-refractivity contribution in [1.29, 1.82) is 0 Å². The van der Waals surface area contributed by atoms with Crippen LogP contribution in [0, 0.1) is 0 Å². The fourth-order valence-corrected chi connectivity index (χ4v) is 1.71. The zero-order chi connectivity index (χ0) is 10.7. The van der Waals surface area contributed by atoms with Gasteiger partial charge in [-0.25, -0.2) is 4.98 Å². The lowest BCUT2D eigenvalue weighted by Gasteiger charge is -2.06. The number of hydrogen-bond acceptors (Lipinski definition) is 2. The van der Waals surface area contributed by atoms with Crippen molar-refractivity contribution in [3.8, 4) is 0 Å². The summed E-state index contributed by atoms with van der Waals surface area (Å²) in [5.41, 5.74) is 0.852. The van der Waals surface area contributed by atoms with Gasteiger partial charge in [0.2, 0.25) is 0 Å². The minimum Gasteiger partial charge on any atom is -0.339 e. The quantitative estimate of drug-likeness (QED) is 0.834. The predicted molar refractivity (Wildman–Crippen MR) is 66.7 cm³/mol. The predicted octanol–water partition coefficient (Wildman–Crippen LogP) is 4.24. The maximum absolute atomic E-state index is 6.01. The molecule has 0 aliphatic rings. The van der Waals surface area contributed by atoms with Crippen LogP contribution in [0.1, 0.15) is 0 Å². The van der Waals surface area contributed by atoms with Crippen LogP contribution in [0.4, 0.5) is 11.5 Å². The number of nitrogens with zero attached hydrogens (tertiary/aromatic N) is 1. The third kappa shape index (κ3) is 2.70. The Labute approximate surface area is 101 Å². The molecule has 0 atom stereocenters. The molecule has 2 rings (SSSR count). The van der Waals surface area contributed by atoms with Crippen molar-refractivity contribution in [1.82, 2.24) is 4.98 Å². The summed E-state index contributed by atoms with van der Waals surface area (Å²) < 4.78 is 0.791. The third-order valence-electron chi connectivity index (χ3n) is 1.85. The summed E-state index contributed by atoms with van der Waals surface area (Å²) in [6.45, 7) is 0. The summed E-state index contributed by atoms with van der Waals surface area (Å²) >= 11 is 9.32. The van der Waals surface area contributed by atoms with Gasteiger partial charge < -0.3 is 5.32 Å². The fourth-order valence-electron chi connectivity index (χ4n) is 1.18. The Morgan fingerprint density at radius 3 is 2.60 bits per heavy atom. The van der Waals surface area contributed by atoms with Crippen molar-refractivity contribution in [2.24, 2.45) is 0 Å². The molecule has 0 fully saturated rings. The monoisotopic (exact) mass is 282 g/mol. The number of anilines is 2. The molecule has 1 N–H and O–H groups in total. The van der Waals surface area contributed by atoms with Gasteiger partial charge in [0.15, 0.2) is 0 Å². The number of rotatable bonds is 2. The lowest BCUT2D eigenvalue weighted by molar-refractivity contribution is 1.26. The van der Waals surface area contributed by atoms with Crippen LogP contribution in [0.2, 0.25) is 5.02 Å². The van der Waals surface area contributed by atoms with Crippen LogP contribution in [0.3, 0.4) is 0 Å². The Kier molecular flexibility index (Phi) is 3.23. The fraction of sp³-hybridized carbons (Fsp3) is 0. The standard InChI is InChI=1S/C11H8BrClN2/c12-10-6-3-7-11(15-10)14-9-5-2-1-4-8(9)13/h1-7H,(H,14,15). The van der Waals surface area contributed by atoms with Gasteiger partial charge in [-0.2, -0.15) is 0 Å². The Hall–Kier alpha value is -1.06. The lowest BCUT2D eigenvalue weighted by Crippen LogP contribution is -1.93. The highest BCUT2D eigenvalue weighted by atomic mass is 79.9. The summed E-state index contributed by atoms with van der Waals surface area (Å²) in [7, 11) is 0. The zero-order valence-corrected chi connectivity index (χ0v) is 10.1. The van der Waals surface area contributed by atoms with Gasteiger partial charge in [-0.3, -0.25) is 0 Å². The summed E-state index contributed by atoms with van der Waals surface area (Å²) in [5.74, 6) is 0.762. The Bertz CT molecular complexity index is 474. The molecule has 0 aliphatic heterocycles. The number of para-hydroxylation sites is 1. The summed E-state index contributed by atoms with van der Waals surface area (Å²) in [6.07, 6.45) is 0. The van der Waals surface area contributed by atoms with Crippen molar-refractivity contribution in [3.63, 3.8) is 0 Å². The molecule has 0 saturated heterocycles. The SMILES string of the molecule is Clc1ccccc1Nc1cccc(Br)n1. The van der Waals surface area contributed by atoms with Gasteiger partial charge in [-0.1, -0.05) is 29.8 Å². The maximum Gasteiger partial charge on any atom is 0.131 e. The summed E-state index contributed by atoms with van der Waals surface area (Å²) in [4.78, 5) is 4.26. The van der Waals surface area contributed by atoms with Crippen LogP contribution >= 0.6 is 27.5 Å². The molecule has 15 heavy (non-hydrogen) atoms. The third-order valence-corrected chi connectivity index (χ3v) is 2.62. The number of aromatic nitrogens is 1. The second-order valence-corrected chi connectivity index (χ2v) is 4.17. The van der Waals surface area contributed by atoms with Crippen molar-refractivity contribution in [2.75, 3.05) is 5.32 Å². The molecule has 0 amide bonds. The van der Waals surface area contributed by atoms with E-state index in [1.54, 1.807) is 0 Å².